The third kappa shape index (κ3) is 4.61. The number of amides is 1. The van der Waals surface area contributed by atoms with Crippen molar-refractivity contribution in [3.63, 3.8) is 0 Å². The molecular weight excluding hydrogens is 210 g/mol. The normalized spacial score (nSPS) is 15.3. The number of hydrogen-bond acceptors (Lipinski definition) is 3. The zero-order chi connectivity index (χ0) is 12.9. The molecule has 0 aliphatic carbocycles. The molecule has 5 nitrogen and oxygen atoms in total. The topological polar surface area (TPSA) is 75.6 Å². The fraction of sp³-hybridized carbons (Fsp3) is 0.818. The van der Waals surface area contributed by atoms with Crippen molar-refractivity contribution < 1.29 is 19.4 Å². The van der Waals surface area contributed by atoms with Crippen molar-refractivity contribution in [2.45, 2.75) is 33.3 Å². The molecule has 0 radical (unpaired) electrons. The number of carbonyl (C=O) groups is 2. The van der Waals surface area contributed by atoms with Gasteiger partial charge in [-0.15, -0.1) is 0 Å². The molecule has 0 saturated heterocycles. The quantitative estimate of drug-likeness (QED) is 0.711. The largest absolute Gasteiger partial charge is 0.481 e. The van der Waals surface area contributed by atoms with Crippen molar-refractivity contribution in [2.75, 3.05) is 13.7 Å². The molecule has 0 fully saturated rings. The van der Waals surface area contributed by atoms with Crippen LogP contribution in [0.25, 0.3) is 0 Å². The highest BCUT2D eigenvalue weighted by Gasteiger charge is 2.27. The maximum Gasteiger partial charge on any atom is 0.307 e. The van der Waals surface area contributed by atoms with Crippen LogP contribution in [0.2, 0.25) is 0 Å². The molecule has 0 bridgehead atoms. The fourth-order valence-electron chi connectivity index (χ4n) is 0.974. The van der Waals surface area contributed by atoms with Gasteiger partial charge in [0.15, 0.2) is 0 Å². The number of ether oxygens (including phenoxy) is 1. The second-order valence-electron chi connectivity index (χ2n) is 4.60. The summed E-state index contributed by atoms with van der Waals surface area (Å²) in [6.07, 6.45) is 0. The minimum absolute atomic E-state index is 0.264. The second-order valence-corrected chi connectivity index (χ2v) is 4.60. The van der Waals surface area contributed by atoms with Gasteiger partial charge in [0.25, 0.3) is 0 Å². The predicted molar refractivity (Wildman–Crippen MR) is 60.1 cm³/mol. The van der Waals surface area contributed by atoms with Crippen molar-refractivity contribution in [1.29, 1.82) is 0 Å². The molecule has 0 aromatic heterocycles. The summed E-state index contributed by atoms with van der Waals surface area (Å²) in [6.45, 7) is 7.18. The predicted octanol–water partition coefficient (Wildman–Crippen LogP) is 0.884. The number of aliphatic carboxylic acids is 1. The van der Waals surface area contributed by atoms with Crippen molar-refractivity contribution in [2.24, 2.45) is 11.8 Å². The second kappa shape index (κ2) is 5.84. The van der Waals surface area contributed by atoms with E-state index in [1.807, 2.05) is 13.8 Å². The number of carboxylic acid groups (broad SMARTS) is 1. The van der Waals surface area contributed by atoms with Gasteiger partial charge in [0, 0.05) is 19.6 Å². The SMILES string of the molecule is COC(C)(C)CNC(=O)C(C)C(C)C(=O)O. The average molecular weight is 231 g/mol. The molecule has 0 rings (SSSR count). The molecule has 0 heterocycles. The molecule has 1 amide bonds. The average Bonchev–Trinajstić information content (AvgIpc) is 2.23. The van der Waals surface area contributed by atoms with Crippen molar-refractivity contribution in [3.8, 4) is 0 Å². The molecule has 5 heteroatoms. The lowest BCUT2D eigenvalue weighted by Crippen LogP contribution is -2.43. The molecule has 0 saturated carbocycles. The van der Waals surface area contributed by atoms with Crippen molar-refractivity contribution in [1.82, 2.24) is 5.32 Å². The molecule has 16 heavy (non-hydrogen) atoms. The number of rotatable bonds is 6. The number of nitrogens with one attached hydrogen (secondary N) is 1. The summed E-state index contributed by atoms with van der Waals surface area (Å²) in [5, 5.41) is 11.5. The first-order chi connectivity index (χ1) is 7.21. The van der Waals surface area contributed by atoms with E-state index in [0.717, 1.165) is 0 Å². The van der Waals surface area contributed by atoms with Gasteiger partial charge in [-0.1, -0.05) is 13.8 Å². The highest BCUT2D eigenvalue weighted by molar-refractivity contribution is 5.84. The Morgan fingerprint density at radius 1 is 1.31 bits per heavy atom. The van der Waals surface area contributed by atoms with Gasteiger partial charge in [-0.3, -0.25) is 9.59 Å². The summed E-state index contributed by atoms with van der Waals surface area (Å²) in [5.74, 6) is -2.47. The van der Waals surface area contributed by atoms with E-state index in [1.54, 1.807) is 14.0 Å². The number of hydrogen-bond donors (Lipinski definition) is 2. The third-order valence-corrected chi connectivity index (χ3v) is 2.79. The number of methoxy groups -OCH3 is 1. The first-order valence-electron chi connectivity index (χ1n) is 5.27. The molecule has 0 spiro atoms. The highest BCUT2D eigenvalue weighted by atomic mass is 16.5. The van der Waals surface area contributed by atoms with Gasteiger partial charge in [0.1, 0.15) is 0 Å². The molecule has 2 N–H and O–H groups in total. The van der Waals surface area contributed by atoms with E-state index in [0.29, 0.717) is 6.54 Å². The van der Waals surface area contributed by atoms with Crippen LogP contribution in [0.1, 0.15) is 27.7 Å². The Labute approximate surface area is 96.2 Å². The van der Waals surface area contributed by atoms with Crippen LogP contribution >= 0.6 is 0 Å². The van der Waals surface area contributed by atoms with Crippen LogP contribution in [0.15, 0.2) is 0 Å². The van der Waals surface area contributed by atoms with Crippen LogP contribution in [0.5, 0.6) is 0 Å². The van der Waals surface area contributed by atoms with Gasteiger partial charge in [-0.25, -0.2) is 0 Å². The number of carbonyl (C=O) groups excluding carboxylic acids is 1. The maximum absolute atomic E-state index is 11.6. The van der Waals surface area contributed by atoms with E-state index in [-0.39, 0.29) is 5.91 Å². The van der Waals surface area contributed by atoms with Gasteiger partial charge in [-0.2, -0.15) is 0 Å². The summed E-state index contributed by atoms with van der Waals surface area (Å²) in [5.41, 5.74) is -0.443. The van der Waals surface area contributed by atoms with Crippen LogP contribution in [0.3, 0.4) is 0 Å². The maximum atomic E-state index is 11.6. The Kier molecular flexibility index (Phi) is 5.44. The van der Waals surface area contributed by atoms with E-state index >= 15 is 0 Å². The molecule has 2 unspecified atom stereocenters. The molecule has 0 aromatic rings. The van der Waals surface area contributed by atoms with Gasteiger partial charge in [-0.05, 0) is 13.8 Å². The Morgan fingerprint density at radius 3 is 2.19 bits per heavy atom. The zero-order valence-electron chi connectivity index (χ0n) is 10.5. The van der Waals surface area contributed by atoms with Crippen LogP contribution in [0.4, 0.5) is 0 Å². The molecule has 0 aromatic carbocycles. The van der Waals surface area contributed by atoms with Gasteiger partial charge >= 0.3 is 5.97 Å². The van der Waals surface area contributed by atoms with Crippen LogP contribution in [0, 0.1) is 11.8 Å². The summed E-state index contributed by atoms with van der Waals surface area (Å²) in [7, 11) is 1.56. The Morgan fingerprint density at radius 2 is 1.81 bits per heavy atom. The zero-order valence-corrected chi connectivity index (χ0v) is 10.5. The van der Waals surface area contributed by atoms with E-state index in [4.69, 9.17) is 9.84 Å². The minimum Gasteiger partial charge on any atom is -0.481 e. The van der Waals surface area contributed by atoms with Gasteiger partial charge < -0.3 is 15.2 Å². The van der Waals surface area contributed by atoms with Gasteiger partial charge in [0.2, 0.25) is 5.91 Å². The van der Waals surface area contributed by atoms with Crippen molar-refractivity contribution in [3.05, 3.63) is 0 Å². The lowest BCUT2D eigenvalue weighted by molar-refractivity contribution is -0.146. The van der Waals surface area contributed by atoms with E-state index in [1.165, 1.54) is 6.92 Å². The fourth-order valence-corrected chi connectivity index (χ4v) is 0.974. The standard InChI is InChI=1S/C11H21NO4/c1-7(8(2)10(14)15)9(13)12-6-11(3,4)16-5/h7-8H,6H2,1-5H3,(H,12,13)(H,14,15). The van der Waals surface area contributed by atoms with Crippen LogP contribution in [-0.4, -0.2) is 36.2 Å². The Bertz CT molecular complexity index is 263. The molecular formula is C11H21NO4. The van der Waals surface area contributed by atoms with Crippen LogP contribution < -0.4 is 5.32 Å². The van der Waals surface area contributed by atoms with E-state index < -0.39 is 23.4 Å². The summed E-state index contributed by atoms with van der Waals surface area (Å²) < 4.78 is 5.14. The first-order valence-corrected chi connectivity index (χ1v) is 5.27. The van der Waals surface area contributed by atoms with Gasteiger partial charge in [0.05, 0.1) is 11.5 Å². The molecule has 94 valence electrons. The monoisotopic (exact) mass is 231 g/mol. The van der Waals surface area contributed by atoms with Crippen LogP contribution in [-0.2, 0) is 14.3 Å². The summed E-state index contributed by atoms with van der Waals surface area (Å²) in [6, 6.07) is 0. The molecule has 0 aliphatic heterocycles. The molecule has 2 atom stereocenters. The van der Waals surface area contributed by atoms with E-state index in [9.17, 15) is 9.59 Å². The minimum atomic E-state index is -0.964. The third-order valence-electron chi connectivity index (χ3n) is 2.79. The van der Waals surface area contributed by atoms with Crippen molar-refractivity contribution >= 4 is 11.9 Å². The lowest BCUT2D eigenvalue weighted by Gasteiger charge is -2.24. The smallest absolute Gasteiger partial charge is 0.307 e. The summed E-state index contributed by atoms with van der Waals surface area (Å²) >= 11 is 0. The lowest BCUT2D eigenvalue weighted by atomic mass is 9.95. The highest BCUT2D eigenvalue weighted by Crippen LogP contribution is 2.12. The summed E-state index contributed by atoms with van der Waals surface area (Å²) in [4.78, 5) is 22.3. The number of carboxylic acids is 1. The van der Waals surface area contributed by atoms with E-state index in [2.05, 4.69) is 5.32 Å². The molecule has 0 aliphatic rings. The Balaban J connectivity index is 4.22. The first kappa shape index (κ1) is 14.9. The Hall–Kier alpha value is -1.10.